The normalized spacial score (nSPS) is 11.8. The fourth-order valence-electron chi connectivity index (χ4n) is 1.95. The molecule has 0 bridgehead atoms. The SMILES string of the molecule is O=[C]CCCCCCCC=CCC=CCC=CCC[N+](=O)[O-]. The van der Waals surface area contributed by atoms with E-state index in [9.17, 15) is 14.9 Å². The lowest BCUT2D eigenvalue weighted by atomic mass is 10.1. The molecule has 4 heteroatoms. The van der Waals surface area contributed by atoms with E-state index in [2.05, 4.69) is 24.3 Å². The third-order valence-corrected chi connectivity index (χ3v) is 3.17. The van der Waals surface area contributed by atoms with Crippen LogP contribution in [0.2, 0.25) is 0 Å². The fourth-order valence-corrected chi connectivity index (χ4v) is 1.95. The van der Waals surface area contributed by atoms with Gasteiger partial charge in [0.05, 0.1) is 0 Å². The molecule has 0 aromatic carbocycles. The van der Waals surface area contributed by atoms with Crippen LogP contribution >= 0.6 is 0 Å². The largest absolute Gasteiger partial charge is 0.291 e. The maximum atomic E-state index is 10.1. The Balaban J connectivity index is 3.30. The van der Waals surface area contributed by atoms with Crippen molar-refractivity contribution in [2.45, 2.75) is 64.2 Å². The van der Waals surface area contributed by atoms with Gasteiger partial charge in [-0.1, -0.05) is 55.7 Å². The first-order valence-corrected chi connectivity index (χ1v) is 8.19. The van der Waals surface area contributed by atoms with Gasteiger partial charge in [-0.2, -0.15) is 0 Å². The molecule has 0 spiro atoms. The predicted molar refractivity (Wildman–Crippen MR) is 91.1 cm³/mol. The molecule has 1 radical (unpaired) electrons. The second-order valence-electron chi connectivity index (χ2n) is 5.18. The topological polar surface area (TPSA) is 60.2 Å². The van der Waals surface area contributed by atoms with Crippen LogP contribution in [0.15, 0.2) is 36.5 Å². The maximum Gasteiger partial charge on any atom is 0.207 e. The van der Waals surface area contributed by atoms with Crippen LogP contribution in [-0.2, 0) is 4.79 Å². The summed E-state index contributed by atoms with van der Waals surface area (Å²) in [6.45, 7) is 0.0124. The summed E-state index contributed by atoms with van der Waals surface area (Å²) in [5.41, 5.74) is 0. The molecule has 22 heavy (non-hydrogen) atoms. The van der Waals surface area contributed by atoms with Crippen LogP contribution in [0.25, 0.3) is 0 Å². The Morgan fingerprint density at radius 3 is 1.95 bits per heavy atom. The Morgan fingerprint density at radius 2 is 1.32 bits per heavy atom. The average Bonchev–Trinajstić information content (AvgIpc) is 2.50. The highest BCUT2D eigenvalue weighted by Gasteiger charge is 1.90. The van der Waals surface area contributed by atoms with Gasteiger partial charge in [0.15, 0.2) is 6.29 Å². The van der Waals surface area contributed by atoms with Crippen molar-refractivity contribution in [2.75, 3.05) is 6.54 Å². The molecular weight excluding hydrogens is 278 g/mol. The molecule has 0 aliphatic carbocycles. The monoisotopic (exact) mass is 306 g/mol. The van der Waals surface area contributed by atoms with Gasteiger partial charge in [-0.15, -0.1) is 0 Å². The zero-order chi connectivity index (χ0) is 16.3. The van der Waals surface area contributed by atoms with Crippen molar-refractivity contribution in [1.29, 1.82) is 0 Å². The number of nitro groups is 1. The Hall–Kier alpha value is -1.71. The molecule has 0 fully saturated rings. The highest BCUT2D eigenvalue weighted by molar-refractivity contribution is 5.50. The molecule has 0 atom stereocenters. The fraction of sp³-hybridized carbons (Fsp3) is 0.611. The van der Waals surface area contributed by atoms with Gasteiger partial charge >= 0.3 is 0 Å². The van der Waals surface area contributed by atoms with E-state index in [4.69, 9.17) is 0 Å². The quantitative estimate of drug-likeness (QED) is 0.186. The first-order chi connectivity index (χ1) is 10.8. The van der Waals surface area contributed by atoms with E-state index < -0.39 is 0 Å². The lowest BCUT2D eigenvalue weighted by Gasteiger charge is -1.96. The van der Waals surface area contributed by atoms with E-state index in [1.165, 1.54) is 19.3 Å². The molecule has 0 amide bonds. The standard InChI is InChI=1S/C18H28NO3/c20-18-16-14-12-10-8-6-4-2-1-3-5-7-9-11-13-15-17-19(21)22/h1-2,5,7,11,13H,3-4,6,8-10,12,14-17H2. The van der Waals surface area contributed by atoms with Crippen LogP contribution in [-0.4, -0.2) is 17.8 Å². The van der Waals surface area contributed by atoms with E-state index in [-0.39, 0.29) is 11.5 Å². The van der Waals surface area contributed by atoms with Gasteiger partial charge in [0, 0.05) is 17.8 Å². The number of rotatable bonds is 15. The number of carbonyl (C=O) groups excluding carboxylic acids is 1. The summed E-state index contributed by atoms with van der Waals surface area (Å²) in [6, 6.07) is 0. The number of hydrogen-bond donors (Lipinski definition) is 0. The molecule has 0 aromatic rings. The molecule has 4 nitrogen and oxygen atoms in total. The molecule has 123 valence electrons. The van der Waals surface area contributed by atoms with Gasteiger partial charge in [0.1, 0.15) is 0 Å². The summed E-state index contributed by atoms with van der Waals surface area (Å²) in [6.07, 6.45) is 24.1. The number of allylic oxidation sites excluding steroid dienone is 5. The Morgan fingerprint density at radius 1 is 0.773 bits per heavy atom. The lowest BCUT2D eigenvalue weighted by Crippen LogP contribution is -1.97. The number of unbranched alkanes of at least 4 members (excludes halogenated alkanes) is 6. The van der Waals surface area contributed by atoms with E-state index in [1.807, 2.05) is 18.4 Å². The number of hydrogen-bond acceptors (Lipinski definition) is 3. The lowest BCUT2D eigenvalue weighted by molar-refractivity contribution is -0.478. The summed E-state index contributed by atoms with van der Waals surface area (Å²) in [7, 11) is 0. The Labute approximate surface area is 134 Å². The first kappa shape index (κ1) is 20.3. The van der Waals surface area contributed by atoms with Gasteiger partial charge < -0.3 is 0 Å². The third kappa shape index (κ3) is 18.3. The molecule has 0 saturated heterocycles. The van der Waals surface area contributed by atoms with Gasteiger partial charge in [0.2, 0.25) is 6.54 Å². The van der Waals surface area contributed by atoms with Crippen LogP contribution < -0.4 is 0 Å². The van der Waals surface area contributed by atoms with Crippen molar-refractivity contribution < 1.29 is 9.72 Å². The van der Waals surface area contributed by atoms with Crippen LogP contribution in [0, 0.1) is 10.1 Å². The van der Waals surface area contributed by atoms with Gasteiger partial charge in [-0.25, -0.2) is 0 Å². The average molecular weight is 306 g/mol. The summed E-state index contributed by atoms with van der Waals surface area (Å²) in [5.74, 6) is 0. The van der Waals surface area contributed by atoms with Crippen LogP contribution in [0.3, 0.4) is 0 Å². The summed E-state index contributed by atoms with van der Waals surface area (Å²) in [5, 5.41) is 10.1. The molecule has 0 aliphatic heterocycles. The van der Waals surface area contributed by atoms with E-state index in [0.717, 1.165) is 32.1 Å². The summed E-state index contributed by atoms with van der Waals surface area (Å²) in [4.78, 5) is 19.8. The highest BCUT2D eigenvalue weighted by Crippen LogP contribution is 2.07. The second kappa shape index (κ2) is 17.3. The van der Waals surface area contributed by atoms with Crippen molar-refractivity contribution in [3.05, 3.63) is 46.6 Å². The molecule has 0 saturated carbocycles. The van der Waals surface area contributed by atoms with E-state index in [0.29, 0.717) is 12.8 Å². The minimum Gasteiger partial charge on any atom is -0.291 e. The first-order valence-electron chi connectivity index (χ1n) is 8.19. The zero-order valence-electron chi connectivity index (χ0n) is 13.4. The summed E-state index contributed by atoms with van der Waals surface area (Å²) >= 11 is 0. The van der Waals surface area contributed by atoms with E-state index >= 15 is 0 Å². The van der Waals surface area contributed by atoms with Gasteiger partial charge in [-0.05, 0) is 32.1 Å². The third-order valence-electron chi connectivity index (χ3n) is 3.17. The second-order valence-corrected chi connectivity index (χ2v) is 5.18. The molecular formula is C18H28NO3. The summed E-state index contributed by atoms with van der Waals surface area (Å²) < 4.78 is 0. The van der Waals surface area contributed by atoms with Crippen LogP contribution in [0.5, 0.6) is 0 Å². The van der Waals surface area contributed by atoms with Crippen molar-refractivity contribution in [1.82, 2.24) is 0 Å². The maximum absolute atomic E-state index is 10.1. The zero-order valence-corrected chi connectivity index (χ0v) is 13.4. The van der Waals surface area contributed by atoms with Crippen LogP contribution in [0.4, 0.5) is 0 Å². The Bertz CT molecular complexity index is 359. The van der Waals surface area contributed by atoms with Crippen molar-refractivity contribution in [2.24, 2.45) is 0 Å². The molecule has 0 N–H and O–H groups in total. The van der Waals surface area contributed by atoms with Gasteiger partial charge in [-0.3, -0.25) is 14.9 Å². The minimum atomic E-state index is -0.297. The van der Waals surface area contributed by atoms with Gasteiger partial charge in [0.25, 0.3) is 0 Å². The molecule has 0 aromatic heterocycles. The molecule has 0 aliphatic rings. The minimum absolute atomic E-state index is 0.0124. The molecule has 0 heterocycles. The van der Waals surface area contributed by atoms with Crippen LogP contribution in [0.1, 0.15) is 64.2 Å². The van der Waals surface area contributed by atoms with Crippen molar-refractivity contribution in [3.63, 3.8) is 0 Å². The highest BCUT2D eigenvalue weighted by atomic mass is 16.6. The molecule has 0 unspecified atom stereocenters. The Kier molecular flexibility index (Phi) is 16.0. The predicted octanol–water partition coefficient (Wildman–Crippen LogP) is 4.94. The number of nitrogens with zero attached hydrogens (tertiary/aromatic N) is 1. The molecule has 0 rings (SSSR count). The smallest absolute Gasteiger partial charge is 0.207 e. The van der Waals surface area contributed by atoms with Crippen molar-refractivity contribution >= 4 is 6.29 Å². The van der Waals surface area contributed by atoms with Crippen molar-refractivity contribution in [3.8, 4) is 0 Å². The van der Waals surface area contributed by atoms with E-state index in [1.54, 1.807) is 0 Å².